The van der Waals surface area contributed by atoms with E-state index in [1.807, 2.05) is 12.1 Å². The molecule has 140 valence electrons. The van der Waals surface area contributed by atoms with Gasteiger partial charge in [0.05, 0.1) is 12.2 Å². The van der Waals surface area contributed by atoms with Crippen molar-refractivity contribution < 1.29 is 9.13 Å². The van der Waals surface area contributed by atoms with Crippen LogP contribution in [0.25, 0.3) is 10.4 Å². The Kier molecular flexibility index (Phi) is 5.42. The number of hydrogen-bond donors (Lipinski definition) is 0. The topological polar surface area (TPSA) is 9.23 Å². The predicted molar refractivity (Wildman–Crippen MR) is 111 cm³/mol. The van der Waals surface area contributed by atoms with E-state index in [2.05, 4.69) is 44.2 Å². The molecule has 3 aromatic rings. The van der Waals surface area contributed by atoms with E-state index in [1.54, 1.807) is 11.3 Å². The second-order valence-corrected chi connectivity index (χ2v) is 8.67. The Balaban J connectivity index is 1.54. The number of hydrogen-bond acceptors (Lipinski definition) is 2. The van der Waals surface area contributed by atoms with Gasteiger partial charge in [0.2, 0.25) is 0 Å². The highest BCUT2D eigenvalue weighted by Crippen LogP contribution is 2.34. The first-order valence-electron chi connectivity index (χ1n) is 9.68. The Labute approximate surface area is 164 Å². The van der Waals surface area contributed by atoms with Crippen molar-refractivity contribution in [2.24, 2.45) is 0 Å². The Bertz CT molecular complexity index is 912. The summed E-state index contributed by atoms with van der Waals surface area (Å²) in [6.45, 7) is 4.35. The van der Waals surface area contributed by atoms with Gasteiger partial charge in [-0.2, -0.15) is 0 Å². The monoisotopic (exact) mass is 380 g/mol. The SMILES string of the molecule is Cc1ccc([C@H]2CCC[C@@H](C)O2)cc1Cc1ccc(-c2ccc(F)cc2)s1. The molecule has 27 heavy (non-hydrogen) atoms. The summed E-state index contributed by atoms with van der Waals surface area (Å²) < 4.78 is 19.3. The van der Waals surface area contributed by atoms with Crippen molar-refractivity contribution in [2.45, 2.75) is 51.7 Å². The maximum absolute atomic E-state index is 13.1. The Hall–Kier alpha value is -1.97. The van der Waals surface area contributed by atoms with E-state index in [9.17, 15) is 4.39 Å². The van der Waals surface area contributed by atoms with Crippen molar-refractivity contribution in [3.8, 4) is 10.4 Å². The molecule has 0 bridgehead atoms. The maximum Gasteiger partial charge on any atom is 0.123 e. The van der Waals surface area contributed by atoms with Crippen LogP contribution in [0.3, 0.4) is 0 Å². The van der Waals surface area contributed by atoms with Crippen LogP contribution in [-0.2, 0) is 11.2 Å². The van der Waals surface area contributed by atoms with Gasteiger partial charge in [-0.25, -0.2) is 4.39 Å². The molecule has 1 fully saturated rings. The molecule has 0 unspecified atom stereocenters. The standard InChI is InChI=1S/C24H25FOS/c1-16-6-7-19(23-5-3-4-17(2)26-23)14-20(16)15-22-12-13-24(27-22)18-8-10-21(25)11-9-18/h6-14,17,23H,3-5,15H2,1-2H3/t17-,23-/m1/s1. The molecule has 0 radical (unpaired) electrons. The van der Waals surface area contributed by atoms with E-state index in [0.29, 0.717) is 6.10 Å². The molecule has 2 atom stereocenters. The first-order valence-corrected chi connectivity index (χ1v) is 10.5. The molecule has 2 heterocycles. The summed E-state index contributed by atoms with van der Waals surface area (Å²) in [6.07, 6.45) is 5.02. The van der Waals surface area contributed by atoms with Crippen LogP contribution in [0, 0.1) is 12.7 Å². The lowest BCUT2D eigenvalue weighted by Crippen LogP contribution is -2.19. The van der Waals surface area contributed by atoms with Crippen LogP contribution in [-0.4, -0.2) is 6.10 Å². The van der Waals surface area contributed by atoms with E-state index >= 15 is 0 Å². The van der Waals surface area contributed by atoms with Gasteiger partial charge < -0.3 is 4.74 Å². The molecule has 1 aromatic heterocycles. The molecule has 1 aliphatic rings. The molecule has 0 saturated carbocycles. The highest BCUT2D eigenvalue weighted by atomic mass is 32.1. The number of rotatable bonds is 4. The largest absolute Gasteiger partial charge is 0.371 e. The third-order valence-electron chi connectivity index (χ3n) is 5.37. The molecular weight excluding hydrogens is 355 g/mol. The van der Waals surface area contributed by atoms with Crippen molar-refractivity contribution in [2.75, 3.05) is 0 Å². The third-order valence-corrected chi connectivity index (χ3v) is 6.51. The minimum Gasteiger partial charge on any atom is -0.371 e. The van der Waals surface area contributed by atoms with E-state index in [0.717, 1.165) is 24.8 Å². The zero-order valence-corrected chi connectivity index (χ0v) is 16.7. The molecule has 0 amide bonds. The molecule has 1 saturated heterocycles. The molecule has 0 aliphatic carbocycles. The van der Waals surface area contributed by atoms with Crippen molar-refractivity contribution in [3.05, 3.63) is 82.0 Å². The van der Waals surface area contributed by atoms with Crippen LogP contribution in [0.4, 0.5) is 4.39 Å². The number of ether oxygens (including phenoxy) is 1. The van der Waals surface area contributed by atoms with E-state index in [1.165, 1.54) is 45.0 Å². The van der Waals surface area contributed by atoms with Gasteiger partial charge in [0.15, 0.2) is 0 Å². The molecule has 1 aliphatic heterocycles. The van der Waals surface area contributed by atoms with Crippen LogP contribution < -0.4 is 0 Å². The summed E-state index contributed by atoms with van der Waals surface area (Å²) in [5.74, 6) is -0.192. The molecular formula is C24H25FOS. The van der Waals surface area contributed by atoms with Gasteiger partial charge in [-0.15, -0.1) is 11.3 Å². The fourth-order valence-corrected chi connectivity index (χ4v) is 4.80. The van der Waals surface area contributed by atoms with Crippen molar-refractivity contribution in [1.82, 2.24) is 0 Å². The highest BCUT2D eigenvalue weighted by molar-refractivity contribution is 7.15. The summed E-state index contributed by atoms with van der Waals surface area (Å²) in [6, 6.07) is 17.8. The van der Waals surface area contributed by atoms with E-state index in [-0.39, 0.29) is 11.9 Å². The fourth-order valence-electron chi connectivity index (χ4n) is 3.76. The molecule has 1 nitrogen and oxygen atoms in total. The van der Waals surface area contributed by atoms with Crippen LogP contribution in [0.5, 0.6) is 0 Å². The minimum absolute atomic E-state index is 0.192. The summed E-state index contributed by atoms with van der Waals surface area (Å²) in [7, 11) is 0. The molecule has 0 spiro atoms. The molecule has 2 aromatic carbocycles. The van der Waals surface area contributed by atoms with Gasteiger partial charge in [0.1, 0.15) is 5.82 Å². The van der Waals surface area contributed by atoms with Crippen LogP contribution in [0.15, 0.2) is 54.6 Å². The lowest BCUT2D eigenvalue weighted by Gasteiger charge is -2.28. The Morgan fingerprint density at radius 1 is 1.04 bits per heavy atom. The lowest BCUT2D eigenvalue weighted by atomic mass is 9.94. The summed E-state index contributed by atoms with van der Waals surface area (Å²) in [5.41, 5.74) is 5.06. The average molecular weight is 381 g/mol. The van der Waals surface area contributed by atoms with Gasteiger partial charge in [-0.05, 0) is 79.6 Å². The van der Waals surface area contributed by atoms with Gasteiger partial charge in [-0.1, -0.05) is 30.3 Å². The van der Waals surface area contributed by atoms with Gasteiger partial charge in [-0.3, -0.25) is 0 Å². The van der Waals surface area contributed by atoms with Crippen molar-refractivity contribution in [1.29, 1.82) is 0 Å². The molecule has 0 N–H and O–H groups in total. The number of thiophene rings is 1. The van der Waals surface area contributed by atoms with Gasteiger partial charge in [0, 0.05) is 16.2 Å². The smallest absolute Gasteiger partial charge is 0.123 e. The second-order valence-electron chi connectivity index (χ2n) is 7.50. The first-order chi connectivity index (χ1) is 13.1. The van der Waals surface area contributed by atoms with Crippen molar-refractivity contribution >= 4 is 11.3 Å². The molecule has 3 heteroatoms. The normalized spacial score (nSPS) is 20.0. The predicted octanol–water partition coefficient (Wildman–Crippen LogP) is 7.08. The first kappa shape index (κ1) is 18.4. The summed E-state index contributed by atoms with van der Waals surface area (Å²) >= 11 is 1.78. The summed E-state index contributed by atoms with van der Waals surface area (Å²) in [5, 5.41) is 0. The van der Waals surface area contributed by atoms with E-state index in [4.69, 9.17) is 4.74 Å². The average Bonchev–Trinajstić information content (AvgIpc) is 3.13. The van der Waals surface area contributed by atoms with Gasteiger partial charge >= 0.3 is 0 Å². The minimum atomic E-state index is -0.192. The van der Waals surface area contributed by atoms with E-state index < -0.39 is 0 Å². The second kappa shape index (κ2) is 7.95. The molecule has 4 rings (SSSR count). The number of halogens is 1. The summed E-state index contributed by atoms with van der Waals surface area (Å²) in [4.78, 5) is 2.51. The quantitative estimate of drug-likeness (QED) is 0.470. The maximum atomic E-state index is 13.1. The lowest BCUT2D eigenvalue weighted by molar-refractivity contribution is -0.0414. The number of benzene rings is 2. The highest BCUT2D eigenvalue weighted by Gasteiger charge is 2.21. The Morgan fingerprint density at radius 2 is 1.85 bits per heavy atom. The Morgan fingerprint density at radius 3 is 2.63 bits per heavy atom. The van der Waals surface area contributed by atoms with Crippen LogP contribution in [0.2, 0.25) is 0 Å². The third kappa shape index (κ3) is 4.31. The zero-order chi connectivity index (χ0) is 18.8. The van der Waals surface area contributed by atoms with Gasteiger partial charge in [0.25, 0.3) is 0 Å². The zero-order valence-electron chi connectivity index (χ0n) is 15.9. The van der Waals surface area contributed by atoms with Crippen LogP contribution >= 0.6 is 11.3 Å². The van der Waals surface area contributed by atoms with Crippen LogP contribution in [0.1, 0.15) is 53.9 Å². The van der Waals surface area contributed by atoms with Crippen molar-refractivity contribution in [3.63, 3.8) is 0 Å². The number of aryl methyl sites for hydroxylation is 1. The fraction of sp³-hybridized carbons (Fsp3) is 0.333.